The molecule has 1 aliphatic carbocycles. The minimum atomic E-state index is -0.943. The molecule has 0 aromatic rings. The summed E-state index contributed by atoms with van der Waals surface area (Å²) in [5.74, 6) is 0.798. The molecular formula is C24H43NO4. The number of nitrogens with zero attached hydrogens (tertiary/aromatic N) is 1. The molecule has 1 saturated carbocycles. The van der Waals surface area contributed by atoms with E-state index >= 15 is 0 Å². The fourth-order valence-electron chi connectivity index (χ4n) is 4.61. The van der Waals surface area contributed by atoms with Gasteiger partial charge in [0.25, 0.3) is 0 Å². The molecule has 1 aliphatic heterocycles. The van der Waals surface area contributed by atoms with Gasteiger partial charge < -0.3 is 14.6 Å². The summed E-state index contributed by atoms with van der Waals surface area (Å²) in [5.41, 5.74) is 1.37. The molecule has 29 heavy (non-hydrogen) atoms. The third-order valence-electron chi connectivity index (χ3n) is 7.36. The number of rotatable bonds is 10. The van der Waals surface area contributed by atoms with Crippen LogP contribution < -0.4 is 0 Å². The zero-order valence-corrected chi connectivity index (χ0v) is 19.5. The molecule has 1 N–H and O–H groups in total. The maximum absolute atomic E-state index is 11.4. The normalized spacial score (nSPS) is 29.0. The number of hydrogen-bond donors (Lipinski definition) is 1. The first-order valence-electron chi connectivity index (χ1n) is 11.3. The Bertz CT molecular complexity index is 563. The number of carbonyl (C=O) groups is 1. The molecule has 0 amide bonds. The topological polar surface area (TPSA) is 59.0 Å². The summed E-state index contributed by atoms with van der Waals surface area (Å²) in [6.45, 7) is 19.2. The number of carbonyl (C=O) groups excluding carboxylic acids is 1. The first-order valence-corrected chi connectivity index (χ1v) is 11.3. The highest BCUT2D eigenvalue weighted by atomic mass is 16.7. The van der Waals surface area contributed by atoms with Gasteiger partial charge in [-0.3, -0.25) is 9.69 Å². The van der Waals surface area contributed by atoms with E-state index in [-0.39, 0.29) is 11.9 Å². The van der Waals surface area contributed by atoms with Crippen molar-refractivity contribution in [1.29, 1.82) is 0 Å². The molecule has 2 rings (SSSR count). The zero-order valence-electron chi connectivity index (χ0n) is 19.5. The van der Waals surface area contributed by atoms with E-state index in [1.54, 1.807) is 0 Å². The van der Waals surface area contributed by atoms with E-state index in [4.69, 9.17) is 9.47 Å². The van der Waals surface area contributed by atoms with Crippen molar-refractivity contribution in [1.82, 2.24) is 4.90 Å². The third-order valence-corrected chi connectivity index (χ3v) is 7.36. The van der Waals surface area contributed by atoms with Gasteiger partial charge in [-0.05, 0) is 50.4 Å². The van der Waals surface area contributed by atoms with Gasteiger partial charge in [-0.1, -0.05) is 39.8 Å². The van der Waals surface area contributed by atoms with E-state index < -0.39 is 11.9 Å². The molecule has 0 aromatic heterocycles. The summed E-state index contributed by atoms with van der Waals surface area (Å²) in [4.78, 5) is 13.5. The van der Waals surface area contributed by atoms with Crippen molar-refractivity contribution in [3.8, 4) is 0 Å². The Hall–Kier alpha value is -0.750. The summed E-state index contributed by atoms with van der Waals surface area (Å²) in [6, 6.07) is 0. The summed E-state index contributed by atoms with van der Waals surface area (Å²) in [5, 5.41) is 9.95. The van der Waals surface area contributed by atoms with Crippen LogP contribution in [0.25, 0.3) is 0 Å². The Labute approximate surface area is 177 Å². The summed E-state index contributed by atoms with van der Waals surface area (Å²) in [7, 11) is 0. The molecule has 1 heterocycles. The molecule has 0 aromatic carbocycles. The van der Waals surface area contributed by atoms with E-state index in [1.807, 2.05) is 6.92 Å². The van der Waals surface area contributed by atoms with E-state index in [9.17, 15) is 9.90 Å². The number of hydrogen-bond acceptors (Lipinski definition) is 5. The van der Waals surface area contributed by atoms with Crippen LogP contribution >= 0.6 is 0 Å². The number of ether oxygens (including phenoxy) is 2. The van der Waals surface area contributed by atoms with Crippen LogP contribution in [-0.4, -0.2) is 60.0 Å². The molecule has 2 atom stereocenters. The number of Topliss-reactive ketones (excluding diaryl/α,β-unsaturated/α-hetero) is 1. The maximum Gasteiger partial charge on any atom is 0.168 e. The summed E-state index contributed by atoms with van der Waals surface area (Å²) < 4.78 is 12.6. The largest absolute Gasteiger partial charge is 0.384 e. The van der Waals surface area contributed by atoms with Crippen molar-refractivity contribution in [2.75, 3.05) is 26.2 Å². The molecule has 168 valence electrons. The van der Waals surface area contributed by atoms with E-state index in [1.165, 1.54) is 6.92 Å². The second-order valence-electron chi connectivity index (χ2n) is 10.3. The van der Waals surface area contributed by atoms with Gasteiger partial charge in [0.2, 0.25) is 0 Å². The second kappa shape index (κ2) is 10.0. The van der Waals surface area contributed by atoms with E-state index in [0.29, 0.717) is 31.0 Å². The van der Waals surface area contributed by atoms with Crippen LogP contribution in [0.1, 0.15) is 73.6 Å². The van der Waals surface area contributed by atoms with Crippen LogP contribution in [-0.2, 0) is 14.3 Å². The van der Waals surface area contributed by atoms with Gasteiger partial charge in [0.15, 0.2) is 11.6 Å². The Morgan fingerprint density at radius 1 is 1.28 bits per heavy atom. The third kappa shape index (κ3) is 6.61. The Kier molecular flexibility index (Phi) is 8.49. The standard InChI is InChI=1S/C24H43NO4/c1-17(2)14-25(15-22(27)19(5)26)13-10-21-16-28-24(29-21)11-8-20(9-12-24)23(6,7)18(3)4/h18,20-22,27H,1,8-16H2,2-7H3. The number of aliphatic hydroxyl groups is 1. The van der Waals surface area contributed by atoms with Crippen LogP contribution in [0.4, 0.5) is 0 Å². The lowest BCUT2D eigenvalue weighted by molar-refractivity contribution is -0.198. The van der Waals surface area contributed by atoms with Gasteiger partial charge in [-0.25, -0.2) is 0 Å². The van der Waals surface area contributed by atoms with Gasteiger partial charge in [-0.2, -0.15) is 0 Å². The predicted octanol–water partition coefficient (Wildman–Crippen LogP) is 4.19. The van der Waals surface area contributed by atoms with Gasteiger partial charge in [0, 0.05) is 32.5 Å². The van der Waals surface area contributed by atoms with Gasteiger partial charge in [0.1, 0.15) is 6.10 Å². The van der Waals surface area contributed by atoms with Crippen LogP contribution in [0.15, 0.2) is 12.2 Å². The highest BCUT2D eigenvalue weighted by molar-refractivity contribution is 5.80. The van der Waals surface area contributed by atoms with Gasteiger partial charge in [0.05, 0.1) is 12.7 Å². The van der Waals surface area contributed by atoms with Gasteiger partial charge >= 0.3 is 0 Å². The molecular weight excluding hydrogens is 366 g/mol. The van der Waals surface area contributed by atoms with Crippen molar-refractivity contribution in [3.63, 3.8) is 0 Å². The smallest absolute Gasteiger partial charge is 0.168 e. The number of aliphatic hydroxyl groups excluding tert-OH is 1. The lowest BCUT2D eigenvalue weighted by Crippen LogP contribution is -2.41. The summed E-state index contributed by atoms with van der Waals surface area (Å²) >= 11 is 0. The molecule has 2 aliphatic rings. The first kappa shape index (κ1) is 24.5. The zero-order chi connectivity index (χ0) is 21.8. The first-order chi connectivity index (χ1) is 13.4. The number of ketones is 1. The molecule has 1 spiro atoms. The molecule has 0 radical (unpaired) electrons. The van der Waals surface area contributed by atoms with Crippen LogP contribution in [0.3, 0.4) is 0 Å². The van der Waals surface area contributed by atoms with Gasteiger partial charge in [-0.15, -0.1) is 0 Å². The molecule has 0 bridgehead atoms. The van der Waals surface area contributed by atoms with Crippen molar-refractivity contribution in [3.05, 3.63) is 12.2 Å². The van der Waals surface area contributed by atoms with E-state index in [2.05, 4.69) is 39.2 Å². The fraction of sp³-hybridized carbons (Fsp3) is 0.875. The lowest BCUT2D eigenvalue weighted by Gasteiger charge is -2.44. The van der Waals surface area contributed by atoms with Crippen molar-refractivity contribution in [2.45, 2.75) is 91.6 Å². The Morgan fingerprint density at radius 3 is 2.41 bits per heavy atom. The highest BCUT2D eigenvalue weighted by Gasteiger charge is 2.47. The van der Waals surface area contributed by atoms with Crippen molar-refractivity contribution < 1.29 is 19.4 Å². The highest BCUT2D eigenvalue weighted by Crippen LogP contribution is 2.48. The van der Waals surface area contributed by atoms with Crippen molar-refractivity contribution >= 4 is 5.78 Å². The van der Waals surface area contributed by atoms with Crippen LogP contribution in [0, 0.1) is 17.3 Å². The average molecular weight is 410 g/mol. The molecule has 2 fully saturated rings. The molecule has 5 heteroatoms. The predicted molar refractivity (Wildman–Crippen MR) is 117 cm³/mol. The van der Waals surface area contributed by atoms with E-state index in [0.717, 1.165) is 50.1 Å². The monoisotopic (exact) mass is 409 g/mol. The fourth-order valence-corrected chi connectivity index (χ4v) is 4.61. The summed E-state index contributed by atoms with van der Waals surface area (Å²) in [6.07, 6.45) is 4.23. The second-order valence-corrected chi connectivity index (χ2v) is 10.3. The maximum atomic E-state index is 11.4. The quantitative estimate of drug-likeness (QED) is 0.548. The Balaban J connectivity index is 1.84. The van der Waals surface area contributed by atoms with Crippen LogP contribution in [0.2, 0.25) is 0 Å². The molecule has 1 saturated heterocycles. The van der Waals surface area contributed by atoms with Crippen LogP contribution in [0.5, 0.6) is 0 Å². The lowest BCUT2D eigenvalue weighted by atomic mass is 9.64. The Morgan fingerprint density at radius 2 is 1.90 bits per heavy atom. The molecule has 2 unspecified atom stereocenters. The minimum Gasteiger partial charge on any atom is -0.384 e. The minimum absolute atomic E-state index is 0.0757. The average Bonchev–Trinajstić information content (AvgIpc) is 3.02. The van der Waals surface area contributed by atoms with Crippen molar-refractivity contribution in [2.24, 2.45) is 17.3 Å². The SMILES string of the molecule is C=C(C)CN(CCC1COC2(CCC(C(C)(C)C(C)C)CC2)O1)CC(O)C(C)=O. The molecule has 5 nitrogen and oxygen atoms in total.